The maximum absolute atomic E-state index is 5.58. The van der Waals surface area contributed by atoms with Gasteiger partial charge in [-0.3, -0.25) is 0 Å². The third-order valence-corrected chi connectivity index (χ3v) is 4.55. The van der Waals surface area contributed by atoms with Crippen LogP contribution in [-0.2, 0) is 0 Å². The Bertz CT molecular complexity index is 666. The lowest BCUT2D eigenvalue weighted by Crippen LogP contribution is -2.38. The Morgan fingerprint density at radius 1 is 1.00 bits per heavy atom. The van der Waals surface area contributed by atoms with Crippen LogP contribution in [0.25, 0.3) is 11.1 Å². The van der Waals surface area contributed by atoms with E-state index in [1.54, 1.807) is 7.11 Å². The zero-order valence-corrected chi connectivity index (χ0v) is 14.2. The first-order valence-electron chi connectivity index (χ1n) is 8.07. The normalized spacial score (nSPS) is 14.4. The topological polar surface area (TPSA) is 24.5 Å². The summed E-state index contributed by atoms with van der Waals surface area (Å²) in [4.78, 5) is 2.24. The van der Waals surface area contributed by atoms with Gasteiger partial charge in [0.2, 0.25) is 0 Å². The minimum Gasteiger partial charge on any atom is -0.495 e. The second-order valence-corrected chi connectivity index (χ2v) is 6.15. The van der Waals surface area contributed by atoms with E-state index in [0.29, 0.717) is 0 Å². The number of hydrogen-bond donors (Lipinski definition) is 1. The summed E-state index contributed by atoms with van der Waals surface area (Å²) in [5, 5.41) is 4.16. The first-order valence-corrected chi connectivity index (χ1v) is 8.48. The van der Waals surface area contributed by atoms with Crippen molar-refractivity contribution in [2.75, 3.05) is 25.5 Å². The largest absolute Gasteiger partial charge is 0.495 e. The fourth-order valence-corrected chi connectivity index (χ4v) is 3.20. The molecule has 0 amide bonds. The average Bonchev–Trinajstić information content (AvgIpc) is 2.63. The molecule has 4 heteroatoms. The number of nitrogens with one attached hydrogen (secondary N) is 1. The molecule has 120 valence electrons. The van der Waals surface area contributed by atoms with E-state index in [1.165, 1.54) is 24.8 Å². The molecule has 0 atom stereocenters. The molecule has 0 radical (unpaired) electrons. The van der Waals surface area contributed by atoms with Crippen molar-refractivity contribution in [1.29, 1.82) is 0 Å². The van der Waals surface area contributed by atoms with Gasteiger partial charge in [0.15, 0.2) is 5.11 Å². The molecule has 2 aromatic rings. The molecule has 0 spiro atoms. The van der Waals surface area contributed by atoms with Gasteiger partial charge in [-0.1, -0.05) is 36.4 Å². The van der Waals surface area contributed by atoms with Crippen LogP contribution in [0, 0.1) is 0 Å². The molecule has 0 unspecified atom stereocenters. The predicted molar refractivity (Wildman–Crippen MR) is 100 cm³/mol. The van der Waals surface area contributed by atoms with Gasteiger partial charge in [0.25, 0.3) is 0 Å². The van der Waals surface area contributed by atoms with Gasteiger partial charge < -0.3 is 15.0 Å². The molecule has 1 heterocycles. The minimum atomic E-state index is 0.785. The molecule has 1 saturated heterocycles. The van der Waals surface area contributed by atoms with Gasteiger partial charge in [-0.25, -0.2) is 0 Å². The number of methoxy groups -OCH3 is 1. The summed E-state index contributed by atoms with van der Waals surface area (Å²) in [6.45, 7) is 2.07. The lowest BCUT2D eigenvalue weighted by molar-refractivity contribution is 0.346. The van der Waals surface area contributed by atoms with Crippen molar-refractivity contribution in [2.45, 2.75) is 19.3 Å². The summed E-state index contributed by atoms with van der Waals surface area (Å²) in [7, 11) is 1.69. The van der Waals surface area contributed by atoms with Crippen molar-refractivity contribution in [3.8, 4) is 16.9 Å². The highest BCUT2D eigenvalue weighted by molar-refractivity contribution is 7.80. The SMILES string of the molecule is COc1ccc(-c2ccccc2)cc1NC(=S)N1CCCCC1. The zero-order chi connectivity index (χ0) is 16.1. The number of anilines is 1. The number of likely N-dealkylation sites (tertiary alicyclic amines) is 1. The number of ether oxygens (including phenoxy) is 1. The van der Waals surface area contributed by atoms with Crippen LogP contribution in [0.2, 0.25) is 0 Å². The Hall–Kier alpha value is -2.07. The lowest BCUT2D eigenvalue weighted by atomic mass is 10.0. The van der Waals surface area contributed by atoms with E-state index in [2.05, 4.69) is 34.5 Å². The van der Waals surface area contributed by atoms with E-state index in [1.807, 2.05) is 24.3 Å². The highest BCUT2D eigenvalue weighted by atomic mass is 32.1. The van der Waals surface area contributed by atoms with Crippen molar-refractivity contribution < 1.29 is 4.74 Å². The average molecular weight is 326 g/mol. The summed E-state index contributed by atoms with van der Waals surface area (Å²) >= 11 is 5.58. The number of piperidine rings is 1. The van der Waals surface area contributed by atoms with Crippen molar-refractivity contribution in [1.82, 2.24) is 4.90 Å². The molecule has 0 bridgehead atoms. The van der Waals surface area contributed by atoms with Crippen LogP contribution in [0.3, 0.4) is 0 Å². The second kappa shape index (κ2) is 7.47. The Balaban J connectivity index is 1.83. The molecule has 1 aliphatic heterocycles. The third-order valence-electron chi connectivity index (χ3n) is 4.19. The second-order valence-electron chi connectivity index (χ2n) is 5.76. The lowest BCUT2D eigenvalue weighted by Gasteiger charge is -2.29. The summed E-state index contributed by atoms with van der Waals surface area (Å²) in [6.07, 6.45) is 3.72. The smallest absolute Gasteiger partial charge is 0.173 e. The van der Waals surface area contributed by atoms with Crippen molar-refractivity contribution in [3.05, 3.63) is 48.5 Å². The molecule has 2 aromatic carbocycles. The van der Waals surface area contributed by atoms with Gasteiger partial charge >= 0.3 is 0 Å². The van der Waals surface area contributed by atoms with Crippen LogP contribution >= 0.6 is 12.2 Å². The van der Waals surface area contributed by atoms with Crippen LogP contribution in [0.1, 0.15) is 19.3 Å². The minimum absolute atomic E-state index is 0.785. The molecule has 0 aliphatic carbocycles. The van der Waals surface area contributed by atoms with E-state index in [0.717, 1.165) is 35.2 Å². The molecule has 1 fully saturated rings. The first-order chi connectivity index (χ1) is 11.3. The molecule has 0 saturated carbocycles. The zero-order valence-electron chi connectivity index (χ0n) is 13.4. The standard InChI is InChI=1S/C19H22N2OS/c1-22-18-11-10-16(15-8-4-2-5-9-15)14-17(18)20-19(23)21-12-6-3-7-13-21/h2,4-5,8-11,14H,3,6-7,12-13H2,1H3,(H,20,23). The first kappa shape index (κ1) is 15.8. The highest BCUT2D eigenvalue weighted by Crippen LogP contribution is 2.31. The Kier molecular flexibility index (Phi) is 5.13. The van der Waals surface area contributed by atoms with Crippen LogP contribution in [0.5, 0.6) is 5.75 Å². The van der Waals surface area contributed by atoms with Crippen molar-refractivity contribution in [3.63, 3.8) is 0 Å². The molecule has 1 aliphatic rings. The summed E-state index contributed by atoms with van der Waals surface area (Å²) < 4.78 is 5.48. The van der Waals surface area contributed by atoms with Gasteiger partial charge in [0, 0.05) is 13.1 Å². The summed E-state index contributed by atoms with van der Waals surface area (Å²) in [5.41, 5.74) is 3.25. The van der Waals surface area contributed by atoms with E-state index < -0.39 is 0 Å². The molecular weight excluding hydrogens is 304 g/mol. The summed E-state index contributed by atoms with van der Waals surface area (Å²) in [6, 6.07) is 16.5. The van der Waals surface area contributed by atoms with E-state index >= 15 is 0 Å². The van der Waals surface area contributed by atoms with Gasteiger partial charge in [-0.2, -0.15) is 0 Å². The number of benzene rings is 2. The van der Waals surface area contributed by atoms with Gasteiger partial charge in [-0.15, -0.1) is 0 Å². The molecule has 3 rings (SSSR count). The number of thiocarbonyl (C=S) groups is 1. The Morgan fingerprint density at radius 3 is 2.43 bits per heavy atom. The van der Waals surface area contributed by atoms with Crippen molar-refractivity contribution >= 4 is 23.0 Å². The maximum Gasteiger partial charge on any atom is 0.173 e. The van der Waals surface area contributed by atoms with E-state index in [-0.39, 0.29) is 0 Å². The fourth-order valence-electron chi connectivity index (χ4n) is 2.91. The molecular formula is C19H22N2OS. The van der Waals surface area contributed by atoms with Gasteiger partial charge in [0.05, 0.1) is 12.8 Å². The molecule has 23 heavy (non-hydrogen) atoms. The van der Waals surface area contributed by atoms with Crippen LogP contribution in [0.15, 0.2) is 48.5 Å². The van der Waals surface area contributed by atoms with E-state index in [4.69, 9.17) is 17.0 Å². The Morgan fingerprint density at radius 2 is 1.74 bits per heavy atom. The third kappa shape index (κ3) is 3.82. The van der Waals surface area contributed by atoms with Crippen LogP contribution in [0.4, 0.5) is 5.69 Å². The molecule has 3 nitrogen and oxygen atoms in total. The quantitative estimate of drug-likeness (QED) is 0.837. The van der Waals surface area contributed by atoms with Crippen LogP contribution in [-0.4, -0.2) is 30.2 Å². The molecule has 1 N–H and O–H groups in total. The number of nitrogens with zero attached hydrogens (tertiary/aromatic N) is 1. The summed E-state index contributed by atoms with van der Waals surface area (Å²) in [5.74, 6) is 0.809. The van der Waals surface area contributed by atoms with Gasteiger partial charge in [-0.05, 0) is 54.7 Å². The predicted octanol–water partition coefficient (Wildman–Crippen LogP) is 4.54. The van der Waals surface area contributed by atoms with E-state index in [9.17, 15) is 0 Å². The number of rotatable bonds is 3. The van der Waals surface area contributed by atoms with Crippen molar-refractivity contribution in [2.24, 2.45) is 0 Å². The molecule has 0 aromatic heterocycles. The number of hydrogen-bond acceptors (Lipinski definition) is 2. The highest BCUT2D eigenvalue weighted by Gasteiger charge is 2.15. The Labute approximate surface area is 143 Å². The van der Waals surface area contributed by atoms with Crippen LogP contribution < -0.4 is 10.1 Å². The monoisotopic (exact) mass is 326 g/mol. The maximum atomic E-state index is 5.58. The van der Waals surface area contributed by atoms with Gasteiger partial charge in [0.1, 0.15) is 5.75 Å². The fraction of sp³-hybridized carbons (Fsp3) is 0.316.